The molecule has 6 heteroatoms. The molecule has 1 heterocycles. The lowest BCUT2D eigenvalue weighted by molar-refractivity contribution is -0.122. The van der Waals surface area contributed by atoms with Gasteiger partial charge in [-0.15, -0.1) is 0 Å². The van der Waals surface area contributed by atoms with Crippen LogP contribution in [0.2, 0.25) is 0 Å². The van der Waals surface area contributed by atoms with Gasteiger partial charge < -0.3 is 15.4 Å². The van der Waals surface area contributed by atoms with Gasteiger partial charge in [-0.1, -0.05) is 43.3 Å². The molecule has 0 aliphatic heterocycles. The van der Waals surface area contributed by atoms with Crippen LogP contribution < -0.4 is 15.4 Å². The quantitative estimate of drug-likeness (QED) is 0.614. The van der Waals surface area contributed by atoms with Crippen molar-refractivity contribution in [2.24, 2.45) is 0 Å². The number of benzene rings is 2. The maximum atomic E-state index is 12.7. The number of ether oxygens (including phenoxy) is 1. The molecule has 0 unspecified atom stereocenters. The first-order valence-electron chi connectivity index (χ1n) is 9.46. The standard InChI is InChI=1S/C23H23N3O3/c1-2-21(29-18-10-4-3-5-11-18)23(28)26-20-13-7-6-12-19(20)22(27)25-16-17-9-8-14-24-15-17/h3-15,21H,2,16H2,1H3,(H,25,27)(H,26,28)/t21-/m0/s1. The second-order valence-electron chi connectivity index (χ2n) is 6.41. The Bertz CT molecular complexity index is 946. The summed E-state index contributed by atoms with van der Waals surface area (Å²) in [5.41, 5.74) is 1.72. The molecule has 3 rings (SSSR count). The molecule has 0 bridgehead atoms. The summed E-state index contributed by atoms with van der Waals surface area (Å²) < 4.78 is 5.78. The molecule has 0 saturated carbocycles. The molecule has 0 aliphatic carbocycles. The van der Waals surface area contributed by atoms with E-state index in [1.165, 1.54) is 0 Å². The van der Waals surface area contributed by atoms with Crippen molar-refractivity contribution in [1.82, 2.24) is 10.3 Å². The van der Waals surface area contributed by atoms with Crippen molar-refractivity contribution >= 4 is 17.5 Å². The van der Waals surface area contributed by atoms with Gasteiger partial charge in [0.15, 0.2) is 6.10 Å². The van der Waals surface area contributed by atoms with Crippen molar-refractivity contribution in [3.8, 4) is 5.75 Å². The van der Waals surface area contributed by atoms with Crippen molar-refractivity contribution in [3.05, 3.63) is 90.3 Å². The lowest BCUT2D eigenvalue weighted by atomic mass is 10.1. The lowest BCUT2D eigenvalue weighted by Gasteiger charge is -2.18. The van der Waals surface area contributed by atoms with Crippen LogP contribution in [-0.4, -0.2) is 22.9 Å². The highest BCUT2D eigenvalue weighted by molar-refractivity contribution is 6.04. The third-order valence-electron chi connectivity index (χ3n) is 4.29. The number of carbonyl (C=O) groups excluding carboxylic acids is 2. The Morgan fingerprint density at radius 2 is 1.76 bits per heavy atom. The van der Waals surface area contributed by atoms with Gasteiger partial charge >= 0.3 is 0 Å². The van der Waals surface area contributed by atoms with E-state index in [-0.39, 0.29) is 11.8 Å². The summed E-state index contributed by atoms with van der Waals surface area (Å²) in [6.07, 6.45) is 3.21. The highest BCUT2D eigenvalue weighted by Gasteiger charge is 2.21. The molecule has 2 N–H and O–H groups in total. The summed E-state index contributed by atoms with van der Waals surface area (Å²) in [7, 11) is 0. The van der Waals surface area contributed by atoms with Gasteiger partial charge in [0.05, 0.1) is 11.3 Å². The molecule has 3 aromatic rings. The molecular formula is C23H23N3O3. The summed E-state index contributed by atoms with van der Waals surface area (Å²) in [5, 5.41) is 5.67. The molecule has 1 atom stereocenters. The molecule has 0 aliphatic rings. The van der Waals surface area contributed by atoms with Crippen molar-refractivity contribution in [2.45, 2.75) is 26.0 Å². The molecule has 148 valence electrons. The van der Waals surface area contributed by atoms with Crippen LogP contribution in [0, 0.1) is 0 Å². The number of rotatable bonds is 8. The van der Waals surface area contributed by atoms with E-state index in [9.17, 15) is 9.59 Å². The Balaban J connectivity index is 1.67. The van der Waals surface area contributed by atoms with Crippen molar-refractivity contribution in [3.63, 3.8) is 0 Å². The fourth-order valence-corrected chi connectivity index (χ4v) is 2.77. The fraction of sp³-hybridized carbons (Fsp3) is 0.174. The van der Waals surface area contributed by atoms with Gasteiger partial charge in [-0.3, -0.25) is 14.6 Å². The SMILES string of the molecule is CC[C@H](Oc1ccccc1)C(=O)Nc1ccccc1C(=O)NCc1cccnc1. The van der Waals surface area contributed by atoms with Crippen LogP contribution in [0.5, 0.6) is 5.75 Å². The van der Waals surface area contributed by atoms with Gasteiger partial charge in [0.1, 0.15) is 5.75 Å². The monoisotopic (exact) mass is 389 g/mol. The van der Waals surface area contributed by atoms with Crippen LogP contribution in [0.15, 0.2) is 79.1 Å². The first kappa shape index (κ1) is 20.1. The average molecular weight is 389 g/mol. The highest BCUT2D eigenvalue weighted by Crippen LogP contribution is 2.18. The van der Waals surface area contributed by atoms with E-state index in [0.29, 0.717) is 30.0 Å². The minimum atomic E-state index is -0.663. The molecule has 0 radical (unpaired) electrons. The Labute approximate surface area is 169 Å². The summed E-state index contributed by atoms with van der Waals surface area (Å²) in [6, 6.07) is 19.8. The zero-order valence-electron chi connectivity index (χ0n) is 16.2. The topological polar surface area (TPSA) is 80.3 Å². The van der Waals surface area contributed by atoms with Gasteiger partial charge in [0.2, 0.25) is 0 Å². The van der Waals surface area contributed by atoms with E-state index in [0.717, 1.165) is 5.56 Å². The first-order valence-corrected chi connectivity index (χ1v) is 9.46. The number of aromatic nitrogens is 1. The molecule has 2 amide bonds. The summed E-state index contributed by atoms with van der Waals surface area (Å²) >= 11 is 0. The van der Waals surface area contributed by atoms with Gasteiger partial charge in [0, 0.05) is 18.9 Å². The molecular weight excluding hydrogens is 366 g/mol. The van der Waals surface area contributed by atoms with Crippen molar-refractivity contribution in [2.75, 3.05) is 5.32 Å². The number of amides is 2. The maximum absolute atomic E-state index is 12.7. The van der Waals surface area contributed by atoms with Gasteiger partial charge in [-0.05, 0) is 42.3 Å². The molecule has 0 spiro atoms. The number of anilines is 1. The number of hydrogen-bond acceptors (Lipinski definition) is 4. The van der Waals surface area contributed by atoms with Crippen LogP contribution in [0.3, 0.4) is 0 Å². The third-order valence-corrected chi connectivity index (χ3v) is 4.29. The van der Waals surface area contributed by atoms with E-state index in [2.05, 4.69) is 15.6 Å². The Kier molecular flexibility index (Phi) is 6.95. The molecule has 0 saturated heterocycles. The van der Waals surface area contributed by atoms with E-state index in [1.807, 2.05) is 37.3 Å². The van der Waals surface area contributed by atoms with Gasteiger partial charge in [0.25, 0.3) is 11.8 Å². The van der Waals surface area contributed by atoms with Gasteiger partial charge in [-0.2, -0.15) is 0 Å². The molecule has 6 nitrogen and oxygen atoms in total. The fourth-order valence-electron chi connectivity index (χ4n) is 2.77. The van der Waals surface area contributed by atoms with Crippen molar-refractivity contribution < 1.29 is 14.3 Å². The predicted octanol–water partition coefficient (Wildman–Crippen LogP) is 3.81. The number of carbonyl (C=O) groups is 2. The van der Waals surface area contributed by atoms with Crippen LogP contribution in [0.25, 0.3) is 0 Å². The van der Waals surface area contributed by atoms with Crippen molar-refractivity contribution in [1.29, 1.82) is 0 Å². The van der Waals surface area contributed by atoms with Crippen LogP contribution in [-0.2, 0) is 11.3 Å². The number of para-hydroxylation sites is 2. The number of pyridine rings is 1. The van der Waals surface area contributed by atoms with E-state index >= 15 is 0 Å². The Hall–Kier alpha value is -3.67. The smallest absolute Gasteiger partial charge is 0.265 e. The van der Waals surface area contributed by atoms with Gasteiger partial charge in [-0.25, -0.2) is 0 Å². The minimum Gasteiger partial charge on any atom is -0.481 e. The number of nitrogens with zero attached hydrogens (tertiary/aromatic N) is 1. The zero-order chi connectivity index (χ0) is 20.5. The number of hydrogen-bond donors (Lipinski definition) is 2. The summed E-state index contributed by atoms with van der Waals surface area (Å²) in [6.45, 7) is 2.23. The predicted molar refractivity (Wildman–Crippen MR) is 112 cm³/mol. The second kappa shape index (κ2) is 10.0. The summed E-state index contributed by atoms with van der Waals surface area (Å²) in [4.78, 5) is 29.4. The molecule has 2 aromatic carbocycles. The van der Waals surface area contributed by atoms with E-state index < -0.39 is 6.10 Å². The maximum Gasteiger partial charge on any atom is 0.265 e. The van der Waals surface area contributed by atoms with Crippen LogP contribution in [0.1, 0.15) is 29.3 Å². The Morgan fingerprint density at radius 1 is 1.00 bits per heavy atom. The Morgan fingerprint density at radius 3 is 2.48 bits per heavy atom. The van der Waals surface area contributed by atoms with Crippen LogP contribution >= 0.6 is 0 Å². The lowest BCUT2D eigenvalue weighted by Crippen LogP contribution is -2.33. The van der Waals surface area contributed by atoms with Crippen LogP contribution in [0.4, 0.5) is 5.69 Å². The van der Waals surface area contributed by atoms with E-state index in [4.69, 9.17) is 4.74 Å². The second-order valence-corrected chi connectivity index (χ2v) is 6.41. The highest BCUT2D eigenvalue weighted by atomic mass is 16.5. The molecule has 29 heavy (non-hydrogen) atoms. The van der Waals surface area contributed by atoms with E-state index in [1.54, 1.807) is 48.8 Å². The normalized spacial score (nSPS) is 11.3. The minimum absolute atomic E-state index is 0.276. The third kappa shape index (κ3) is 5.65. The average Bonchev–Trinajstić information content (AvgIpc) is 2.77. The number of nitrogens with one attached hydrogen (secondary N) is 2. The largest absolute Gasteiger partial charge is 0.481 e. The molecule has 1 aromatic heterocycles. The summed E-state index contributed by atoms with van der Waals surface area (Å²) in [5.74, 6) is 0.0441. The first-order chi connectivity index (χ1) is 14.2. The zero-order valence-corrected chi connectivity index (χ0v) is 16.2. The molecule has 0 fully saturated rings.